The van der Waals surface area contributed by atoms with E-state index < -0.39 is 12.0 Å². The van der Waals surface area contributed by atoms with Crippen LogP contribution in [0, 0.1) is 0 Å². The number of nitrogens with zero attached hydrogens (tertiary/aromatic N) is 4. The molecule has 0 saturated carbocycles. The van der Waals surface area contributed by atoms with Gasteiger partial charge in [-0.3, -0.25) is 14.5 Å². The van der Waals surface area contributed by atoms with Gasteiger partial charge < -0.3 is 15.7 Å². The summed E-state index contributed by atoms with van der Waals surface area (Å²) in [5, 5.41) is 15.7. The van der Waals surface area contributed by atoms with Gasteiger partial charge in [-0.05, 0) is 17.2 Å². The van der Waals surface area contributed by atoms with Gasteiger partial charge in [-0.25, -0.2) is 4.63 Å². The maximum absolute atomic E-state index is 12.0. The summed E-state index contributed by atoms with van der Waals surface area (Å²) in [5.41, 5.74) is 5.46. The number of carboxylic acid groups (broad SMARTS) is 1. The second kappa shape index (κ2) is 5.22. The molecule has 19 heavy (non-hydrogen) atoms. The molecule has 104 valence electrons. The van der Waals surface area contributed by atoms with E-state index in [0.29, 0.717) is 26.2 Å². The Hall–Kier alpha value is -2.16. The van der Waals surface area contributed by atoms with Crippen LogP contribution in [0.1, 0.15) is 17.4 Å². The lowest BCUT2D eigenvalue weighted by Gasteiger charge is -2.36. The number of nitrogen functional groups attached to an aromatic ring is 1. The molecule has 1 fully saturated rings. The number of carbonyl (C=O) groups excluding carboxylic acids is 1. The Morgan fingerprint density at radius 1 is 1.32 bits per heavy atom. The van der Waals surface area contributed by atoms with Crippen LogP contribution in [0.15, 0.2) is 4.63 Å². The fourth-order valence-electron chi connectivity index (χ4n) is 1.96. The van der Waals surface area contributed by atoms with E-state index in [1.54, 1.807) is 16.7 Å². The van der Waals surface area contributed by atoms with Crippen LogP contribution < -0.4 is 5.73 Å². The van der Waals surface area contributed by atoms with Gasteiger partial charge in [-0.2, -0.15) is 0 Å². The standard InChI is InChI=1S/C10H15N5O4/c1-6(10(17)18)14-2-4-15(5-3-14)9(16)7-8(11)13-19-12-7/h6H,2-5H2,1H3,(H2,11,13)(H,17,18). The van der Waals surface area contributed by atoms with Crippen molar-refractivity contribution < 1.29 is 19.3 Å². The fraction of sp³-hybridized carbons (Fsp3) is 0.600. The molecule has 1 amide bonds. The number of rotatable bonds is 3. The van der Waals surface area contributed by atoms with Gasteiger partial charge >= 0.3 is 5.97 Å². The van der Waals surface area contributed by atoms with Crippen LogP contribution in [-0.4, -0.2) is 69.3 Å². The van der Waals surface area contributed by atoms with Crippen molar-refractivity contribution in [1.29, 1.82) is 0 Å². The Morgan fingerprint density at radius 2 is 1.95 bits per heavy atom. The minimum Gasteiger partial charge on any atom is -0.480 e. The molecule has 1 aliphatic rings. The summed E-state index contributed by atoms with van der Waals surface area (Å²) < 4.78 is 4.39. The van der Waals surface area contributed by atoms with Gasteiger partial charge in [0.25, 0.3) is 5.91 Å². The maximum Gasteiger partial charge on any atom is 0.320 e. The summed E-state index contributed by atoms with van der Waals surface area (Å²) in [4.78, 5) is 26.3. The summed E-state index contributed by atoms with van der Waals surface area (Å²) >= 11 is 0. The number of hydrogen-bond acceptors (Lipinski definition) is 7. The van der Waals surface area contributed by atoms with Crippen LogP contribution >= 0.6 is 0 Å². The highest BCUT2D eigenvalue weighted by atomic mass is 16.6. The van der Waals surface area contributed by atoms with Gasteiger partial charge in [0.15, 0.2) is 0 Å². The average molecular weight is 269 g/mol. The number of carboxylic acids is 1. The third-order valence-corrected chi connectivity index (χ3v) is 3.22. The topological polar surface area (TPSA) is 126 Å². The molecule has 1 aliphatic heterocycles. The van der Waals surface area contributed by atoms with Crippen molar-refractivity contribution in [2.24, 2.45) is 0 Å². The van der Waals surface area contributed by atoms with Crippen LogP contribution in [-0.2, 0) is 4.79 Å². The van der Waals surface area contributed by atoms with Crippen molar-refractivity contribution in [3.63, 3.8) is 0 Å². The third kappa shape index (κ3) is 2.65. The second-order valence-corrected chi connectivity index (χ2v) is 4.34. The molecule has 2 heterocycles. The Morgan fingerprint density at radius 3 is 2.42 bits per heavy atom. The lowest BCUT2D eigenvalue weighted by molar-refractivity contribution is -0.143. The van der Waals surface area contributed by atoms with Crippen molar-refractivity contribution in [2.75, 3.05) is 31.9 Å². The van der Waals surface area contributed by atoms with Crippen molar-refractivity contribution in [3.05, 3.63) is 5.69 Å². The summed E-state index contributed by atoms with van der Waals surface area (Å²) in [5.74, 6) is -1.25. The molecule has 1 aromatic rings. The number of nitrogens with two attached hydrogens (primary N) is 1. The van der Waals surface area contributed by atoms with Crippen LogP contribution in [0.4, 0.5) is 5.82 Å². The zero-order chi connectivity index (χ0) is 14.0. The van der Waals surface area contributed by atoms with Gasteiger partial charge in [0.2, 0.25) is 11.5 Å². The first-order valence-corrected chi connectivity index (χ1v) is 5.85. The normalized spacial score (nSPS) is 18.3. The lowest BCUT2D eigenvalue weighted by atomic mass is 10.2. The third-order valence-electron chi connectivity index (χ3n) is 3.22. The molecule has 9 nitrogen and oxygen atoms in total. The highest BCUT2D eigenvalue weighted by Gasteiger charge is 2.29. The first-order valence-electron chi connectivity index (χ1n) is 5.85. The van der Waals surface area contributed by atoms with Crippen LogP contribution in [0.2, 0.25) is 0 Å². The maximum atomic E-state index is 12.0. The van der Waals surface area contributed by atoms with E-state index in [1.807, 2.05) is 0 Å². The number of aromatic nitrogens is 2. The molecule has 3 N–H and O–H groups in total. The fourth-order valence-corrected chi connectivity index (χ4v) is 1.96. The number of anilines is 1. The van der Waals surface area contributed by atoms with Gasteiger partial charge in [-0.1, -0.05) is 0 Å². The van der Waals surface area contributed by atoms with Crippen LogP contribution in [0.3, 0.4) is 0 Å². The van der Waals surface area contributed by atoms with E-state index in [4.69, 9.17) is 10.8 Å². The molecule has 1 aromatic heterocycles. The predicted molar refractivity (Wildman–Crippen MR) is 63.3 cm³/mol. The first kappa shape index (κ1) is 13.3. The molecule has 1 atom stereocenters. The minimum atomic E-state index is -0.871. The summed E-state index contributed by atoms with van der Waals surface area (Å²) in [7, 11) is 0. The zero-order valence-corrected chi connectivity index (χ0v) is 10.4. The number of hydrogen-bond donors (Lipinski definition) is 2. The Bertz CT molecular complexity index is 480. The molecule has 1 unspecified atom stereocenters. The van der Waals surface area contributed by atoms with Gasteiger partial charge in [-0.15, -0.1) is 0 Å². The van der Waals surface area contributed by atoms with Crippen molar-refractivity contribution in [3.8, 4) is 0 Å². The van der Waals surface area contributed by atoms with Gasteiger partial charge in [0.05, 0.1) is 0 Å². The van der Waals surface area contributed by atoms with E-state index in [-0.39, 0.29) is 17.4 Å². The molecular formula is C10H15N5O4. The molecule has 2 rings (SSSR count). The minimum absolute atomic E-state index is 0.000247. The highest BCUT2D eigenvalue weighted by molar-refractivity contribution is 5.96. The highest BCUT2D eigenvalue weighted by Crippen LogP contribution is 2.12. The molecule has 0 aliphatic carbocycles. The van der Waals surface area contributed by atoms with E-state index >= 15 is 0 Å². The van der Waals surface area contributed by atoms with Crippen molar-refractivity contribution in [2.45, 2.75) is 13.0 Å². The second-order valence-electron chi connectivity index (χ2n) is 4.34. The molecule has 9 heteroatoms. The summed E-state index contributed by atoms with van der Waals surface area (Å²) in [6.07, 6.45) is 0. The molecule has 0 spiro atoms. The van der Waals surface area contributed by atoms with E-state index in [9.17, 15) is 9.59 Å². The average Bonchev–Trinajstić information content (AvgIpc) is 2.83. The van der Waals surface area contributed by atoms with Crippen molar-refractivity contribution in [1.82, 2.24) is 20.1 Å². The zero-order valence-electron chi connectivity index (χ0n) is 10.4. The van der Waals surface area contributed by atoms with Gasteiger partial charge in [0, 0.05) is 26.2 Å². The van der Waals surface area contributed by atoms with E-state index in [0.717, 1.165) is 0 Å². The van der Waals surface area contributed by atoms with E-state index in [1.165, 1.54) is 0 Å². The number of carbonyl (C=O) groups is 2. The number of piperazine rings is 1. The molecule has 0 radical (unpaired) electrons. The molecule has 0 bridgehead atoms. The SMILES string of the molecule is CC(C(=O)O)N1CCN(C(=O)c2nonc2N)CC1. The quantitative estimate of drug-likeness (QED) is 0.706. The van der Waals surface area contributed by atoms with E-state index in [2.05, 4.69) is 14.9 Å². The van der Waals surface area contributed by atoms with Crippen LogP contribution in [0.5, 0.6) is 0 Å². The first-order chi connectivity index (χ1) is 9.00. The number of amides is 1. The molecular weight excluding hydrogens is 254 g/mol. The predicted octanol–water partition coefficient (Wildman–Crippen LogP) is -1.12. The molecule has 0 aromatic carbocycles. The Balaban J connectivity index is 1.95. The number of aliphatic carboxylic acids is 1. The smallest absolute Gasteiger partial charge is 0.320 e. The molecule has 1 saturated heterocycles. The summed E-state index contributed by atoms with van der Waals surface area (Å²) in [6, 6.07) is -0.559. The Kier molecular flexibility index (Phi) is 3.65. The summed E-state index contributed by atoms with van der Waals surface area (Å²) in [6.45, 7) is 3.44. The lowest BCUT2D eigenvalue weighted by Crippen LogP contribution is -2.53. The Labute approximate surface area is 108 Å². The largest absolute Gasteiger partial charge is 0.480 e. The van der Waals surface area contributed by atoms with Crippen LogP contribution in [0.25, 0.3) is 0 Å². The van der Waals surface area contributed by atoms with Gasteiger partial charge in [0.1, 0.15) is 6.04 Å². The van der Waals surface area contributed by atoms with Crippen molar-refractivity contribution >= 4 is 17.7 Å². The monoisotopic (exact) mass is 269 g/mol.